The van der Waals surface area contributed by atoms with Crippen LogP contribution in [0.3, 0.4) is 0 Å². The van der Waals surface area contributed by atoms with Gasteiger partial charge in [0.25, 0.3) is 5.91 Å². The van der Waals surface area contributed by atoms with Crippen LogP contribution in [-0.2, 0) is 4.79 Å². The number of benzene rings is 1. The summed E-state index contributed by atoms with van der Waals surface area (Å²) in [5, 5.41) is 0. The Morgan fingerprint density at radius 1 is 1.29 bits per heavy atom. The van der Waals surface area contributed by atoms with Gasteiger partial charge in [-0.15, -0.1) is 0 Å². The highest BCUT2D eigenvalue weighted by Gasteiger charge is 2.34. The molecule has 2 aliphatic heterocycles. The van der Waals surface area contributed by atoms with Gasteiger partial charge in [-0.1, -0.05) is 15.9 Å². The van der Waals surface area contributed by atoms with Crippen molar-refractivity contribution in [1.29, 1.82) is 0 Å². The number of hydrogen-bond acceptors (Lipinski definition) is 3. The highest BCUT2D eigenvalue weighted by Crippen LogP contribution is 2.31. The van der Waals surface area contributed by atoms with Crippen molar-refractivity contribution in [1.82, 2.24) is 4.90 Å². The first kappa shape index (κ1) is 18.2. The van der Waals surface area contributed by atoms with Crippen molar-refractivity contribution < 1.29 is 22.4 Å². The molecule has 0 radical (unpaired) electrons. The average Bonchev–Trinajstić information content (AvgIpc) is 2.53. The molecule has 1 aromatic carbocycles. The van der Waals surface area contributed by atoms with Crippen LogP contribution in [0.4, 0.5) is 23.2 Å². The number of alkyl halides is 2. The second kappa shape index (κ2) is 7.61. The first-order valence-corrected chi connectivity index (χ1v) is 7.49. The molecule has 0 atom stereocenters. The van der Waals surface area contributed by atoms with E-state index in [2.05, 4.69) is 20.9 Å². The minimum Gasteiger partial charge on any atom is -0.269 e. The largest absolute Gasteiger partial charge is 0.269 e. The van der Waals surface area contributed by atoms with E-state index >= 15 is 0 Å². The number of nitrogens with zero attached hydrogens (tertiary/aromatic N) is 3. The molecule has 0 saturated carbocycles. The number of aliphatic imine (C=N–C) groups is 1. The minimum absolute atomic E-state index is 0.0449. The zero-order valence-electron chi connectivity index (χ0n) is 12.4. The van der Waals surface area contributed by atoms with Gasteiger partial charge in [-0.05, 0) is 30.7 Å². The van der Waals surface area contributed by atoms with Crippen LogP contribution in [0.5, 0.6) is 0 Å². The maximum Gasteiger partial charge on any atom is 0.262 e. The van der Waals surface area contributed by atoms with E-state index in [1.165, 1.54) is 18.3 Å². The van der Waals surface area contributed by atoms with Crippen LogP contribution in [0.1, 0.15) is 5.56 Å². The van der Waals surface area contributed by atoms with Crippen molar-refractivity contribution >= 4 is 33.5 Å². The average molecular weight is 406 g/mol. The van der Waals surface area contributed by atoms with Crippen molar-refractivity contribution in [3.05, 3.63) is 52.3 Å². The Labute approximate surface area is 143 Å². The lowest BCUT2D eigenvalue weighted by atomic mass is 10.2. The van der Waals surface area contributed by atoms with E-state index in [0.29, 0.717) is 11.0 Å². The number of rotatable bonds is 1. The quantitative estimate of drug-likeness (QED) is 0.520. The Morgan fingerprint density at radius 2 is 1.96 bits per heavy atom. The molecule has 3 rings (SSSR count). The molecule has 0 bridgehead atoms. The molecule has 2 heterocycles. The van der Waals surface area contributed by atoms with Crippen LogP contribution in [0, 0.1) is 12.7 Å². The standard InChI is InChI=1S/C14H10BrF2N3O.CH2F2/c1-8-5-11(10(16)6-9(8)15)20-13(21)7-12(17)19-4-2-3-18-14(19)20;2-1-3/h2,4-7H,3H2,1H3;1H2. The molecule has 24 heavy (non-hydrogen) atoms. The second-order valence-corrected chi connectivity index (χ2v) is 5.54. The van der Waals surface area contributed by atoms with E-state index in [4.69, 9.17) is 0 Å². The van der Waals surface area contributed by atoms with Crippen LogP contribution in [0.25, 0.3) is 0 Å². The smallest absolute Gasteiger partial charge is 0.262 e. The molecular weight excluding hydrogens is 394 g/mol. The van der Waals surface area contributed by atoms with Gasteiger partial charge in [0.2, 0.25) is 18.8 Å². The summed E-state index contributed by atoms with van der Waals surface area (Å²) in [5.74, 6) is -1.93. The molecule has 0 saturated heterocycles. The van der Waals surface area contributed by atoms with E-state index in [1.54, 1.807) is 13.0 Å². The summed E-state index contributed by atoms with van der Waals surface area (Å²) in [6, 6.07) is 2.80. The third kappa shape index (κ3) is 3.50. The Hall–Kier alpha value is -2.16. The van der Waals surface area contributed by atoms with Gasteiger partial charge in [-0.25, -0.2) is 23.1 Å². The number of fused-ring (bicyclic) bond motifs is 1. The molecule has 2 aliphatic rings. The lowest BCUT2D eigenvalue weighted by Gasteiger charge is -2.34. The van der Waals surface area contributed by atoms with Crippen molar-refractivity contribution in [3.8, 4) is 0 Å². The molecule has 0 aromatic heterocycles. The summed E-state index contributed by atoms with van der Waals surface area (Å²) in [4.78, 5) is 18.4. The van der Waals surface area contributed by atoms with Crippen LogP contribution in [-0.4, -0.2) is 30.2 Å². The lowest BCUT2D eigenvalue weighted by molar-refractivity contribution is -0.113. The van der Waals surface area contributed by atoms with Crippen molar-refractivity contribution in [2.75, 3.05) is 18.4 Å². The number of guanidine groups is 1. The monoisotopic (exact) mass is 405 g/mol. The molecule has 0 fully saturated rings. The number of hydrogen-bond donors (Lipinski definition) is 0. The highest BCUT2D eigenvalue weighted by atomic mass is 79.9. The summed E-state index contributed by atoms with van der Waals surface area (Å²) in [6.07, 6.45) is 3.93. The number of amides is 1. The van der Waals surface area contributed by atoms with Crippen molar-refractivity contribution in [2.24, 2.45) is 4.99 Å². The summed E-state index contributed by atoms with van der Waals surface area (Å²) in [5.41, 5.74) is 0.802. The molecule has 0 N–H and O–H groups in total. The van der Waals surface area contributed by atoms with Gasteiger partial charge >= 0.3 is 0 Å². The SMILES string of the molecule is Cc1cc(N2C(=O)C=C(F)N3C=CCN=C32)c(F)cc1Br.FCF. The van der Waals surface area contributed by atoms with E-state index < -0.39 is 24.6 Å². The van der Waals surface area contributed by atoms with Crippen LogP contribution in [0.15, 0.2) is 45.9 Å². The predicted octanol–water partition coefficient (Wildman–Crippen LogP) is 4.12. The lowest BCUT2D eigenvalue weighted by Crippen LogP contribution is -2.49. The third-order valence-corrected chi connectivity index (χ3v) is 4.02. The molecule has 9 heteroatoms. The number of aryl methyl sites for hydroxylation is 1. The highest BCUT2D eigenvalue weighted by molar-refractivity contribution is 9.10. The summed E-state index contributed by atoms with van der Waals surface area (Å²) < 4.78 is 47.9. The first-order valence-electron chi connectivity index (χ1n) is 6.70. The van der Waals surface area contributed by atoms with Gasteiger partial charge < -0.3 is 0 Å². The van der Waals surface area contributed by atoms with E-state index in [1.807, 2.05) is 0 Å². The van der Waals surface area contributed by atoms with Gasteiger partial charge in [0.1, 0.15) is 5.82 Å². The van der Waals surface area contributed by atoms with Crippen molar-refractivity contribution in [2.45, 2.75) is 6.92 Å². The molecule has 1 aromatic rings. The van der Waals surface area contributed by atoms with Gasteiger partial charge in [-0.3, -0.25) is 9.69 Å². The zero-order valence-corrected chi connectivity index (χ0v) is 14.0. The molecule has 4 nitrogen and oxygen atoms in total. The molecular formula is C15H12BrF4N3O. The molecule has 0 aliphatic carbocycles. The predicted molar refractivity (Wildman–Crippen MR) is 85.9 cm³/mol. The van der Waals surface area contributed by atoms with E-state index in [-0.39, 0.29) is 11.6 Å². The Kier molecular flexibility index (Phi) is 5.76. The number of halogens is 5. The van der Waals surface area contributed by atoms with E-state index in [0.717, 1.165) is 21.4 Å². The Balaban J connectivity index is 0.000000647. The van der Waals surface area contributed by atoms with Gasteiger partial charge in [0, 0.05) is 10.7 Å². The Bertz CT molecular complexity index is 748. The van der Waals surface area contributed by atoms with Crippen LogP contribution < -0.4 is 4.90 Å². The second-order valence-electron chi connectivity index (χ2n) is 4.69. The summed E-state index contributed by atoms with van der Waals surface area (Å²) >= 11 is 3.23. The third-order valence-electron chi connectivity index (χ3n) is 3.17. The first-order chi connectivity index (χ1) is 11.4. The molecule has 0 spiro atoms. The van der Waals surface area contributed by atoms with Crippen molar-refractivity contribution in [3.63, 3.8) is 0 Å². The summed E-state index contributed by atoms with van der Waals surface area (Å²) in [6.45, 7) is 0.332. The fraction of sp³-hybridized carbons (Fsp3) is 0.200. The van der Waals surface area contributed by atoms with Gasteiger partial charge in [0.05, 0.1) is 18.3 Å². The molecule has 0 unspecified atom stereocenters. The molecule has 1 amide bonds. The van der Waals surface area contributed by atoms with Gasteiger partial charge in [-0.2, -0.15) is 4.39 Å². The number of carbonyl (C=O) groups excluding carboxylic acids is 1. The van der Waals surface area contributed by atoms with E-state index in [9.17, 15) is 22.4 Å². The zero-order chi connectivity index (χ0) is 17.9. The number of carbonyl (C=O) groups is 1. The van der Waals surface area contributed by atoms with Crippen LogP contribution >= 0.6 is 15.9 Å². The fourth-order valence-corrected chi connectivity index (χ4v) is 2.46. The molecule has 128 valence electrons. The maximum absolute atomic E-state index is 14.2. The topological polar surface area (TPSA) is 35.9 Å². The number of anilines is 1. The normalized spacial score (nSPS) is 16.2. The fourth-order valence-electron chi connectivity index (χ4n) is 2.15. The maximum atomic E-state index is 14.2. The van der Waals surface area contributed by atoms with Crippen LogP contribution in [0.2, 0.25) is 0 Å². The Morgan fingerprint density at radius 3 is 2.62 bits per heavy atom. The summed E-state index contributed by atoms with van der Waals surface area (Å²) in [7, 11) is 0. The minimum atomic E-state index is -1.75. The van der Waals surface area contributed by atoms with Gasteiger partial charge in [0.15, 0.2) is 0 Å².